The van der Waals surface area contributed by atoms with Gasteiger partial charge in [0, 0.05) is 11.3 Å². The van der Waals surface area contributed by atoms with Crippen LogP contribution in [0.4, 0.5) is 5.69 Å². The Labute approximate surface area is 164 Å². The highest BCUT2D eigenvalue weighted by atomic mass is 35.5. The first-order valence-corrected chi connectivity index (χ1v) is 10.0. The van der Waals surface area contributed by atoms with E-state index in [0.717, 1.165) is 6.26 Å². The quantitative estimate of drug-likeness (QED) is 0.719. The second-order valence-electron chi connectivity index (χ2n) is 5.14. The summed E-state index contributed by atoms with van der Waals surface area (Å²) >= 11 is 17.7. The monoisotopic (exact) mass is 435 g/mol. The van der Waals surface area contributed by atoms with Crippen LogP contribution in [0.5, 0.6) is 0 Å². The third-order valence-corrected chi connectivity index (χ3v) is 5.08. The molecular formula is C16H12Cl3NO5S. The van der Waals surface area contributed by atoms with Crippen LogP contribution in [0.3, 0.4) is 0 Å². The van der Waals surface area contributed by atoms with Gasteiger partial charge in [-0.25, -0.2) is 13.2 Å². The molecule has 0 radical (unpaired) electrons. The molecule has 2 aromatic carbocycles. The fourth-order valence-electron chi connectivity index (χ4n) is 2.00. The zero-order valence-corrected chi connectivity index (χ0v) is 16.3. The van der Waals surface area contributed by atoms with Gasteiger partial charge in [0.1, 0.15) is 0 Å². The molecule has 0 fully saturated rings. The predicted octanol–water partition coefficient (Wildman–Crippen LogP) is 3.85. The van der Waals surface area contributed by atoms with E-state index in [0.29, 0.717) is 5.02 Å². The van der Waals surface area contributed by atoms with E-state index < -0.39 is 28.3 Å². The van der Waals surface area contributed by atoms with Crippen LogP contribution >= 0.6 is 34.8 Å². The van der Waals surface area contributed by atoms with Crippen molar-refractivity contribution in [3.8, 4) is 0 Å². The van der Waals surface area contributed by atoms with Gasteiger partial charge >= 0.3 is 5.97 Å². The number of rotatable bonds is 5. The molecule has 10 heteroatoms. The maximum absolute atomic E-state index is 12.1. The molecule has 1 N–H and O–H groups in total. The van der Waals surface area contributed by atoms with E-state index in [-0.39, 0.29) is 26.2 Å². The third-order valence-electron chi connectivity index (χ3n) is 3.11. The summed E-state index contributed by atoms with van der Waals surface area (Å²) in [5.41, 5.74) is -0.0410. The Morgan fingerprint density at radius 2 is 1.65 bits per heavy atom. The van der Waals surface area contributed by atoms with Crippen molar-refractivity contribution in [1.82, 2.24) is 0 Å². The van der Waals surface area contributed by atoms with E-state index in [4.69, 9.17) is 39.5 Å². The van der Waals surface area contributed by atoms with Crippen LogP contribution in [0.1, 0.15) is 10.4 Å². The zero-order chi connectivity index (χ0) is 19.5. The highest BCUT2D eigenvalue weighted by molar-refractivity contribution is 7.90. The van der Waals surface area contributed by atoms with Crippen LogP contribution in [-0.4, -0.2) is 33.2 Å². The molecule has 1 amide bonds. The summed E-state index contributed by atoms with van der Waals surface area (Å²) in [5.74, 6) is -1.66. The average molecular weight is 437 g/mol. The molecule has 2 rings (SSSR count). The fourth-order valence-corrected chi connectivity index (χ4v) is 3.79. The smallest absolute Gasteiger partial charge is 0.339 e. The molecule has 6 nitrogen and oxygen atoms in total. The molecule has 0 aliphatic rings. The number of nitrogens with one attached hydrogen (secondary N) is 1. The van der Waals surface area contributed by atoms with Crippen molar-refractivity contribution < 1.29 is 22.7 Å². The molecule has 26 heavy (non-hydrogen) atoms. The first kappa shape index (κ1) is 20.5. The minimum Gasteiger partial charge on any atom is -0.452 e. The van der Waals surface area contributed by atoms with Crippen LogP contribution in [0.25, 0.3) is 0 Å². The molecule has 0 saturated heterocycles. The summed E-state index contributed by atoms with van der Waals surface area (Å²) in [6.07, 6.45) is 0.969. The summed E-state index contributed by atoms with van der Waals surface area (Å²) in [6, 6.07) is 8.31. The van der Waals surface area contributed by atoms with Crippen molar-refractivity contribution in [3.05, 3.63) is 57.0 Å². The lowest BCUT2D eigenvalue weighted by Crippen LogP contribution is -2.22. The van der Waals surface area contributed by atoms with Gasteiger partial charge in [0.15, 0.2) is 16.4 Å². The van der Waals surface area contributed by atoms with Crippen molar-refractivity contribution in [2.75, 3.05) is 18.2 Å². The molecule has 0 atom stereocenters. The van der Waals surface area contributed by atoms with Crippen LogP contribution in [0, 0.1) is 0 Å². The number of anilines is 1. The molecule has 0 aliphatic heterocycles. The van der Waals surface area contributed by atoms with Crippen LogP contribution in [0.15, 0.2) is 41.3 Å². The number of sulfone groups is 1. The minimum absolute atomic E-state index is 0.115. The first-order valence-electron chi connectivity index (χ1n) is 7.00. The van der Waals surface area contributed by atoms with Crippen LogP contribution in [-0.2, 0) is 19.4 Å². The Balaban J connectivity index is 2.08. The summed E-state index contributed by atoms with van der Waals surface area (Å²) in [4.78, 5) is 23.9. The molecule has 0 saturated carbocycles. The van der Waals surface area contributed by atoms with Gasteiger partial charge in [0.25, 0.3) is 5.91 Å². The maximum atomic E-state index is 12.1. The normalized spacial score (nSPS) is 11.1. The van der Waals surface area contributed by atoms with Gasteiger partial charge in [-0.1, -0.05) is 46.9 Å². The SMILES string of the molecule is CS(=O)(=O)c1ccccc1C(=O)OCC(=O)Nc1c(Cl)cc(Cl)cc1Cl. The Morgan fingerprint density at radius 3 is 2.23 bits per heavy atom. The van der Waals surface area contributed by atoms with Gasteiger partial charge < -0.3 is 10.1 Å². The number of carbonyl (C=O) groups excluding carboxylic acids is 2. The third kappa shape index (κ3) is 5.11. The molecule has 0 aliphatic carbocycles. The average Bonchev–Trinajstić information content (AvgIpc) is 2.55. The second kappa shape index (κ2) is 8.26. The predicted molar refractivity (Wildman–Crippen MR) is 99.9 cm³/mol. The zero-order valence-electron chi connectivity index (χ0n) is 13.3. The Kier molecular flexibility index (Phi) is 6.52. The highest BCUT2D eigenvalue weighted by Crippen LogP contribution is 2.33. The fraction of sp³-hybridized carbons (Fsp3) is 0.125. The topological polar surface area (TPSA) is 89.5 Å². The number of halogens is 3. The largest absolute Gasteiger partial charge is 0.452 e. The number of carbonyl (C=O) groups is 2. The molecular weight excluding hydrogens is 425 g/mol. The number of benzene rings is 2. The number of esters is 1. The van der Waals surface area contributed by atoms with Gasteiger partial charge in [-0.05, 0) is 24.3 Å². The Bertz CT molecular complexity index is 953. The van der Waals surface area contributed by atoms with Crippen LogP contribution < -0.4 is 5.32 Å². The lowest BCUT2D eigenvalue weighted by Gasteiger charge is -2.11. The molecule has 0 spiro atoms. The van der Waals surface area contributed by atoms with E-state index in [1.54, 1.807) is 0 Å². The molecule has 138 valence electrons. The number of ether oxygens (including phenoxy) is 1. The van der Waals surface area contributed by atoms with E-state index in [9.17, 15) is 18.0 Å². The van der Waals surface area contributed by atoms with Gasteiger partial charge in [-0.2, -0.15) is 0 Å². The van der Waals surface area contributed by atoms with Crippen molar-refractivity contribution in [2.45, 2.75) is 4.90 Å². The molecule has 0 aromatic heterocycles. The summed E-state index contributed by atoms with van der Waals surface area (Å²) in [7, 11) is -3.63. The lowest BCUT2D eigenvalue weighted by atomic mass is 10.2. The molecule has 0 unspecified atom stereocenters. The maximum Gasteiger partial charge on any atom is 0.339 e. The van der Waals surface area contributed by atoms with Crippen molar-refractivity contribution in [3.63, 3.8) is 0 Å². The number of hydrogen-bond acceptors (Lipinski definition) is 5. The minimum atomic E-state index is -3.63. The van der Waals surface area contributed by atoms with Gasteiger partial charge in [-0.15, -0.1) is 0 Å². The Morgan fingerprint density at radius 1 is 1.08 bits per heavy atom. The summed E-state index contributed by atoms with van der Waals surface area (Å²) < 4.78 is 28.3. The van der Waals surface area contributed by atoms with Gasteiger partial charge in [0.05, 0.1) is 26.2 Å². The lowest BCUT2D eigenvalue weighted by molar-refractivity contribution is -0.119. The van der Waals surface area contributed by atoms with E-state index in [1.807, 2.05) is 0 Å². The van der Waals surface area contributed by atoms with Crippen molar-refractivity contribution in [2.24, 2.45) is 0 Å². The van der Waals surface area contributed by atoms with Crippen molar-refractivity contribution in [1.29, 1.82) is 0 Å². The standard InChI is InChI=1S/C16H12Cl3NO5S/c1-26(23,24)13-5-3-2-4-10(13)16(22)25-8-14(21)20-15-11(18)6-9(17)7-12(15)19/h2-7H,8H2,1H3,(H,20,21). The molecule has 0 heterocycles. The molecule has 0 bridgehead atoms. The number of amides is 1. The summed E-state index contributed by atoms with van der Waals surface area (Å²) in [5, 5.41) is 2.92. The van der Waals surface area contributed by atoms with E-state index in [2.05, 4.69) is 5.32 Å². The first-order chi connectivity index (χ1) is 12.1. The second-order valence-corrected chi connectivity index (χ2v) is 8.37. The Hall–Kier alpha value is -1.80. The van der Waals surface area contributed by atoms with E-state index >= 15 is 0 Å². The highest BCUT2D eigenvalue weighted by Gasteiger charge is 2.20. The summed E-state index contributed by atoms with van der Waals surface area (Å²) in [6.45, 7) is -0.661. The van der Waals surface area contributed by atoms with E-state index in [1.165, 1.54) is 36.4 Å². The molecule has 2 aromatic rings. The van der Waals surface area contributed by atoms with Gasteiger partial charge in [0.2, 0.25) is 0 Å². The number of hydrogen-bond donors (Lipinski definition) is 1. The van der Waals surface area contributed by atoms with Gasteiger partial charge in [-0.3, -0.25) is 4.79 Å². The van der Waals surface area contributed by atoms with Crippen LogP contribution in [0.2, 0.25) is 15.1 Å². The van der Waals surface area contributed by atoms with Crippen molar-refractivity contribution >= 4 is 62.2 Å².